The summed E-state index contributed by atoms with van der Waals surface area (Å²) in [5, 5.41) is 0. The van der Waals surface area contributed by atoms with E-state index in [0.717, 1.165) is 24.1 Å². The van der Waals surface area contributed by atoms with Crippen LogP contribution in [0.5, 0.6) is 5.88 Å². The number of nitrogens with zero attached hydrogens (tertiary/aromatic N) is 4. The zero-order valence-corrected chi connectivity index (χ0v) is 18.7. The number of carbonyl (C=O) groups is 1. The summed E-state index contributed by atoms with van der Waals surface area (Å²) in [6, 6.07) is 5.72. The monoisotopic (exact) mass is 425 g/mol. The maximum absolute atomic E-state index is 12.7. The summed E-state index contributed by atoms with van der Waals surface area (Å²) >= 11 is 0. The van der Waals surface area contributed by atoms with Crippen LogP contribution >= 0.6 is 0 Å². The molecule has 1 aliphatic heterocycles. The Morgan fingerprint density at radius 2 is 2.16 bits per heavy atom. The molecule has 1 saturated heterocycles. The summed E-state index contributed by atoms with van der Waals surface area (Å²) in [6.45, 7) is 4.72. The fourth-order valence-electron chi connectivity index (χ4n) is 3.84. The molecule has 1 aliphatic rings. The smallest absolute Gasteiger partial charge is 0.271 e. The van der Waals surface area contributed by atoms with Crippen molar-refractivity contribution in [3.05, 3.63) is 53.1 Å². The Bertz CT molecular complexity index is 985. The standard InChI is InChI=1S/C23H31N5O3/c1-5-28(19-9-12-27(16-19)22(29)7-6-11-26(2)3)20-13-18(15-25-23(20)30)17-8-10-24-21(14-17)31-4/h6-8,10,13-15,19H,5,9,11-12,16H2,1-4H3,(H,25,30)/b7-6+/t19-/m1/s1. The number of nitrogens with one attached hydrogen (secondary N) is 1. The minimum absolute atomic E-state index is 0.0203. The van der Waals surface area contributed by atoms with Gasteiger partial charge in [-0.1, -0.05) is 6.08 Å². The summed E-state index contributed by atoms with van der Waals surface area (Å²) in [5.41, 5.74) is 2.27. The minimum atomic E-state index is -0.137. The molecule has 1 amide bonds. The molecule has 8 nitrogen and oxygen atoms in total. The van der Waals surface area contributed by atoms with Crippen LogP contribution in [0.25, 0.3) is 11.1 Å². The molecular weight excluding hydrogens is 394 g/mol. The predicted molar refractivity (Wildman–Crippen MR) is 123 cm³/mol. The Morgan fingerprint density at radius 1 is 1.35 bits per heavy atom. The number of rotatable bonds is 8. The lowest BCUT2D eigenvalue weighted by molar-refractivity contribution is -0.125. The normalized spacial score (nSPS) is 16.3. The van der Waals surface area contributed by atoms with Gasteiger partial charge in [-0.05, 0) is 45.1 Å². The van der Waals surface area contributed by atoms with E-state index in [9.17, 15) is 9.59 Å². The van der Waals surface area contributed by atoms with Crippen molar-refractivity contribution in [2.45, 2.75) is 19.4 Å². The van der Waals surface area contributed by atoms with Gasteiger partial charge in [0.15, 0.2) is 0 Å². The zero-order valence-electron chi connectivity index (χ0n) is 18.7. The first-order chi connectivity index (χ1) is 14.9. The van der Waals surface area contributed by atoms with Crippen LogP contribution in [0.4, 0.5) is 5.69 Å². The van der Waals surface area contributed by atoms with Crippen LogP contribution in [0.1, 0.15) is 13.3 Å². The van der Waals surface area contributed by atoms with Crippen molar-refractivity contribution >= 4 is 11.6 Å². The van der Waals surface area contributed by atoms with Gasteiger partial charge < -0.3 is 24.4 Å². The van der Waals surface area contributed by atoms with Gasteiger partial charge in [0.25, 0.3) is 5.56 Å². The molecule has 0 unspecified atom stereocenters. The highest BCUT2D eigenvalue weighted by Crippen LogP contribution is 2.26. The first-order valence-corrected chi connectivity index (χ1v) is 10.5. The summed E-state index contributed by atoms with van der Waals surface area (Å²) in [6.07, 6.45) is 7.73. The number of carbonyl (C=O) groups excluding carboxylic acids is 1. The molecule has 0 radical (unpaired) electrons. The highest BCUT2D eigenvalue weighted by Gasteiger charge is 2.30. The van der Waals surface area contributed by atoms with Crippen molar-refractivity contribution in [1.82, 2.24) is 19.8 Å². The lowest BCUT2D eigenvalue weighted by Gasteiger charge is -2.29. The number of hydrogen-bond acceptors (Lipinski definition) is 6. The number of aromatic amines is 1. The Balaban J connectivity index is 1.79. The van der Waals surface area contributed by atoms with E-state index in [2.05, 4.69) is 14.9 Å². The van der Waals surface area contributed by atoms with Crippen LogP contribution in [0.2, 0.25) is 0 Å². The van der Waals surface area contributed by atoms with Crippen molar-refractivity contribution in [2.75, 3.05) is 52.3 Å². The van der Waals surface area contributed by atoms with Crippen molar-refractivity contribution in [2.24, 2.45) is 0 Å². The molecule has 3 rings (SSSR count). The summed E-state index contributed by atoms with van der Waals surface area (Å²) < 4.78 is 5.22. The number of methoxy groups -OCH3 is 1. The third-order valence-corrected chi connectivity index (χ3v) is 5.46. The molecule has 0 saturated carbocycles. The molecule has 1 N–H and O–H groups in total. The van der Waals surface area contributed by atoms with E-state index in [0.29, 0.717) is 31.2 Å². The van der Waals surface area contributed by atoms with Gasteiger partial charge in [-0.15, -0.1) is 0 Å². The highest BCUT2D eigenvalue weighted by atomic mass is 16.5. The molecule has 0 aromatic carbocycles. The molecule has 2 aromatic heterocycles. The number of ether oxygens (including phenoxy) is 1. The molecule has 8 heteroatoms. The fourth-order valence-corrected chi connectivity index (χ4v) is 3.84. The second-order valence-electron chi connectivity index (χ2n) is 7.87. The van der Waals surface area contributed by atoms with E-state index in [1.165, 1.54) is 0 Å². The largest absolute Gasteiger partial charge is 0.481 e. The van der Waals surface area contributed by atoms with Gasteiger partial charge in [0.05, 0.1) is 7.11 Å². The third-order valence-electron chi connectivity index (χ3n) is 5.46. The maximum atomic E-state index is 12.7. The molecule has 31 heavy (non-hydrogen) atoms. The van der Waals surface area contributed by atoms with Gasteiger partial charge in [-0.25, -0.2) is 4.98 Å². The van der Waals surface area contributed by atoms with Gasteiger partial charge in [-0.3, -0.25) is 9.59 Å². The Hall–Kier alpha value is -3.13. The number of anilines is 1. The average molecular weight is 426 g/mol. The van der Waals surface area contributed by atoms with E-state index in [-0.39, 0.29) is 17.5 Å². The molecule has 3 heterocycles. The summed E-state index contributed by atoms with van der Waals surface area (Å²) in [7, 11) is 5.51. The van der Waals surface area contributed by atoms with Crippen LogP contribution in [-0.2, 0) is 4.79 Å². The molecule has 0 aliphatic carbocycles. The van der Waals surface area contributed by atoms with Crippen LogP contribution in [0.3, 0.4) is 0 Å². The van der Waals surface area contributed by atoms with E-state index < -0.39 is 0 Å². The average Bonchev–Trinajstić information content (AvgIpc) is 3.25. The molecular formula is C23H31N5O3. The second-order valence-corrected chi connectivity index (χ2v) is 7.87. The SMILES string of the molecule is CCN(c1cc(-c2ccnc(OC)c2)c[nH]c1=O)[C@@H]1CCN(C(=O)/C=C/CN(C)C)C1. The number of likely N-dealkylation sites (N-methyl/N-ethyl adjacent to an activating group) is 2. The molecule has 166 valence electrons. The minimum Gasteiger partial charge on any atom is -0.481 e. The van der Waals surface area contributed by atoms with Crippen LogP contribution in [0.15, 0.2) is 47.5 Å². The molecule has 0 bridgehead atoms. The molecule has 1 fully saturated rings. The van der Waals surface area contributed by atoms with Crippen LogP contribution < -0.4 is 15.2 Å². The Labute approximate surface area is 183 Å². The van der Waals surface area contributed by atoms with E-state index >= 15 is 0 Å². The first-order valence-electron chi connectivity index (χ1n) is 10.5. The molecule has 1 atom stereocenters. The lowest BCUT2D eigenvalue weighted by Crippen LogP contribution is -2.41. The number of aromatic nitrogens is 2. The number of amides is 1. The number of pyridine rings is 2. The Kier molecular flexibility index (Phi) is 7.46. The zero-order chi connectivity index (χ0) is 22.4. The number of likely N-dealkylation sites (tertiary alicyclic amines) is 1. The van der Waals surface area contributed by atoms with Gasteiger partial charge in [0, 0.05) is 62.3 Å². The van der Waals surface area contributed by atoms with Gasteiger partial charge in [-0.2, -0.15) is 0 Å². The summed E-state index contributed by atoms with van der Waals surface area (Å²) in [4.78, 5) is 38.1. The van der Waals surface area contributed by atoms with Crippen molar-refractivity contribution in [3.8, 4) is 17.0 Å². The Morgan fingerprint density at radius 3 is 2.87 bits per heavy atom. The quantitative estimate of drug-likeness (QED) is 0.652. The predicted octanol–water partition coefficient (Wildman–Crippen LogP) is 1.99. The van der Waals surface area contributed by atoms with Crippen molar-refractivity contribution < 1.29 is 9.53 Å². The highest BCUT2D eigenvalue weighted by molar-refractivity contribution is 5.88. The fraction of sp³-hybridized carbons (Fsp3) is 0.435. The van der Waals surface area contributed by atoms with Crippen LogP contribution in [0, 0.1) is 0 Å². The van der Waals surface area contributed by atoms with Crippen molar-refractivity contribution in [3.63, 3.8) is 0 Å². The topological polar surface area (TPSA) is 81.8 Å². The van der Waals surface area contributed by atoms with Gasteiger partial charge >= 0.3 is 0 Å². The third kappa shape index (κ3) is 5.52. The molecule has 0 spiro atoms. The van der Waals surface area contributed by atoms with Crippen LogP contribution in [-0.4, -0.2) is 79.1 Å². The van der Waals surface area contributed by atoms with Crippen molar-refractivity contribution in [1.29, 1.82) is 0 Å². The van der Waals surface area contributed by atoms with E-state index in [1.54, 1.807) is 25.6 Å². The number of H-pyrrole nitrogens is 1. The lowest BCUT2D eigenvalue weighted by atomic mass is 10.1. The molecule has 2 aromatic rings. The maximum Gasteiger partial charge on any atom is 0.271 e. The second kappa shape index (κ2) is 10.3. The first kappa shape index (κ1) is 22.6. The summed E-state index contributed by atoms with van der Waals surface area (Å²) in [5.74, 6) is 0.539. The van der Waals surface area contributed by atoms with E-state index in [4.69, 9.17) is 4.74 Å². The number of hydrogen-bond donors (Lipinski definition) is 1. The van der Waals surface area contributed by atoms with Gasteiger partial charge in [0.1, 0.15) is 5.69 Å². The van der Waals surface area contributed by atoms with E-state index in [1.807, 2.05) is 55.1 Å². The van der Waals surface area contributed by atoms with Gasteiger partial charge in [0.2, 0.25) is 11.8 Å².